The van der Waals surface area contributed by atoms with E-state index < -0.39 is 0 Å². The molecule has 0 aromatic carbocycles. The largest absolute Gasteiger partial charge is 0.469 e. The average Bonchev–Trinajstić information content (AvgIpc) is 3.11. The Morgan fingerprint density at radius 1 is 0.824 bits per heavy atom. The van der Waals surface area contributed by atoms with E-state index in [1.807, 2.05) is 6.08 Å². The molecule has 2 unspecified atom stereocenters. The number of carbonyl (C=O) groups is 4. The molecule has 0 spiro atoms. The van der Waals surface area contributed by atoms with Crippen molar-refractivity contribution >= 4 is 23.4 Å². The van der Waals surface area contributed by atoms with E-state index in [4.69, 9.17) is 18.9 Å². The van der Waals surface area contributed by atoms with Gasteiger partial charge in [0.1, 0.15) is 5.78 Å². The van der Waals surface area contributed by atoms with Crippen molar-refractivity contribution in [1.29, 1.82) is 0 Å². The van der Waals surface area contributed by atoms with Crippen molar-refractivity contribution < 1.29 is 42.9 Å². The third-order valence-electron chi connectivity index (χ3n) is 13.2. The van der Waals surface area contributed by atoms with Gasteiger partial charge >= 0.3 is 5.97 Å². The maximum absolute atomic E-state index is 14.2. The van der Waals surface area contributed by atoms with Gasteiger partial charge in [-0.15, -0.1) is 0 Å². The second-order valence-electron chi connectivity index (χ2n) is 16.6. The number of fused-ring (bicyclic) bond motifs is 5. The third kappa shape index (κ3) is 10.3. The van der Waals surface area contributed by atoms with Gasteiger partial charge in [0.2, 0.25) is 5.91 Å². The Kier molecular flexibility index (Phi) is 15.7. The lowest BCUT2D eigenvalue weighted by Crippen LogP contribution is -2.57. The van der Waals surface area contributed by atoms with Crippen LogP contribution in [0.4, 0.5) is 0 Å². The summed E-state index contributed by atoms with van der Waals surface area (Å²) in [7, 11) is 1.35. The van der Waals surface area contributed by atoms with E-state index in [-0.39, 0.29) is 52.2 Å². The Morgan fingerprint density at radius 2 is 1.45 bits per heavy atom. The molecule has 0 radical (unpaired) electrons. The first-order valence-corrected chi connectivity index (χ1v) is 19.8. The van der Waals surface area contributed by atoms with E-state index in [1.54, 1.807) is 0 Å². The minimum atomic E-state index is -0.346. The summed E-state index contributed by atoms with van der Waals surface area (Å²) in [6.07, 6.45) is 12.6. The Labute approximate surface area is 306 Å². The highest BCUT2D eigenvalue weighted by atomic mass is 16.6. The molecule has 0 aromatic rings. The van der Waals surface area contributed by atoms with Gasteiger partial charge in [-0.25, -0.2) is 0 Å². The van der Waals surface area contributed by atoms with Gasteiger partial charge in [-0.2, -0.15) is 0 Å². The number of ketones is 2. The number of hydrogen-bond donors (Lipinski definition) is 1. The standard InChI is InChI=1S/C41H67NO9/c1-7-8-16-40(4)17-18-41(5)32-11-10-30-29(9-13-35(44)39(30,2)3)38(32)34(43)28-33(41)31(40)12-14-36(45)42-19-21-49-23-25-51-27-26-50-24-22-48-20-15-37(46)47-6/h28-32,38H,7-27H2,1-6H3,(H,42,45)/t29?,30-,31-,32?,38-,40-,41+/m1/s1. The molecule has 0 bridgehead atoms. The number of unbranched alkanes of at least 4 members (excludes halogenated alkanes) is 1. The van der Waals surface area contributed by atoms with Crippen LogP contribution in [0.2, 0.25) is 0 Å². The van der Waals surface area contributed by atoms with E-state index in [2.05, 4.69) is 44.7 Å². The van der Waals surface area contributed by atoms with Crippen molar-refractivity contribution in [1.82, 2.24) is 5.32 Å². The van der Waals surface area contributed by atoms with Crippen molar-refractivity contribution in [2.75, 3.05) is 66.5 Å². The predicted molar refractivity (Wildman–Crippen MR) is 195 cm³/mol. The fourth-order valence-electron chi connectivity index (χ4n) is 10.1. The molecule has 1 amide bonds. The number of nitrogens with one attached hydrogen (secondary N) is 1. The summed E-state index contributed by atoms with van der Waals surface area (Å²) in [5, 5.41) is 3.04. The Morgan fingerprint density at radius 3 is 2.10 bits per heavy atom. The number of Topliss-reactive ketones (excluding diaryl/α,β-unsaturated/α-hetero) is 1. The first-order chi connectivity index (χ1) is 24.4. The SMILES string of the molecule is CCCC[C@]1(C)CC[C@]2(C)C(=CC(=O)[C@@H]3C4CCC(=O)C(C)(C)[C@@H]4CCC32)[C@H]1CCC(=O)NCCOCCOCCOCCOCCC(=O)OC. The number of esters is 1. The quantitative estimate of drug-likeness (QED) is 0.108. The highest BCUT2D eigenvalue weighted by molar-refractivity contribution is 5.95. The molecule has 4 rings (SSSR count). The van der Waals surface area contributed by atoms with Crippen LogP contribution in [0.25, 0.3) is 0 Å². The number of rotatable bonds is 21. The average molecular weight is 718 g/mol. The molecule has 0 aliphatic heterocycles. The molecule has 10 heteroatoms. The molecule has 4 aliphatic carbocycles. The lowest BCUT2D eigenvalue weighted by Gasteiger charge is -2.61. The molecule has 3 fully saturated rings. The fourth-order valence-corrected chi connectivity index (χ4v) is 10.1. The van der Waals surface area contributed by atoms with Crippen LogP contribution in [0.15, 0.2) is 11.6 Å². The number of hydrogen-bond acceptors (Lipinski definition) is 9. The van der Waals surface area contributed by atoms with Crippen molar-refractivity contribution in [3.8, 4) is 0 Å². The van der Waals surface area contributed by atoms with Crippen LogP contribution < -0.4 is 5.32 Å². The normalized spacial score (nSPS) is 31.3. The fraction of sp³-hybridized carbons (Fsp3) is 0.854. The number of amides is 1. The number of methoxy groups -OCH3 is 1. The molecule has 51 heavy (non-hydrogen) atoms. The molecule has 0 saturated heterocycles. The van der Waals surface area contributed by atoms with Gasteiger partial charge in [-0.05, 0) is 85.5 Å². The first kappa shape index (κ1) is 41.6. The zero-order valence-corrected chi connectivity index (χ0v) is 32.5. The third-order valence-corrected chi connectivity index (χ3v) is 13.2. The summed E-state index contributed by atoms with van der Waals surface area (Å²) in [5.74, 6) is 1.52. The van der Waals surface area contributed by atoms with E-state index >= 15 is 0 Å². The van der Waals surface area contributed by atoms with E-state index in [1.165, 1.54) is 12.7 Å². The molecule has 3 saturated carbocycles. The molecular formula is C41H67NO9. The van der Waals surface area contributed by atoms with Crippen LogP contribution in [-0.4, -0.2) is 90.0 Å². The number of carbonyl (C=O) groups excluding carboxylic acids is 4. The molecular weight excluding hydrogens is 650 g/mol. The lowest BCUT2D eigenvalue weighted by molar-refractivity contribution is -0.150. The summed E-state index contributed by atoms with van der Waals surface area (Å²) in [5.41, 5.74) is 0.999. The molecule has 10 nitrogen and oxygen atoms in total. The number of ether oxygens (including phenoxy) is 5. The first-order valence-electron chi connectivity index (χ1n) is 19.8. The topological polar surface area (TPSA) is 126 Å². The Hall–Kier alpha value is -2.14. The maximum Gasteiger partial charge on any atom is 0.307 e. The molecule has 7 atom stereocenters. The molecule has 290 valence electrons. The Balaban J connectivity index is 1.21. The highest BCUT2D eigenvalue weighted by Gasteiger charge is 2.61. The van der Waals surface area contributed by atoms with Crippen LogP contribution in [0.3, 0.4) is 0 Å². The Bertz CT molecular complexity index is 1220. The van der Waals surface area contributed by atoms with Crippen LogP contribution in [0, 0.1) is 45.8 Å². The monoisotopic (exact) mass is 717 g/mol. The zero-order valence-electron chi connectivity index (χ0n) is 32.5. The predicted octanol–water partition coefficient (Wildman–Crippen LogP) is 6.28. The molecule has 4 aliphatic rings. The molecule has 0 heterocycles. The van der Waals surface area contributed by atoms with Gasteiger partial charge < -0.3 is 29.0 Å². The van der Waals surface area contributed by atoms with Crippen LogP contribution >= 0.6 is 0 Å². The van der Waals surface area contributed by atoms with Crippen LogP contribution in [0.1, 0.15) is 112 Å². The molecule has 1 N–H and O–H groups in total. The van der Waals surface area contributed by atoms with Crippen molar-refractivity contribution in [2.24, 2.45) is 45.8 Å². The highest BCUT2D eigenvalue weighted by Crippen LogP contribution is 2.66. The van der Waals surface area contributed by atoms with Gasteiger partial charge in [0, 0.05) is 30.7 Å². The minimum Gasteiger partial charge on any atom is -0.469 e. The summed E-state index contributed by atoms with van der Waals surface area (Å²) in [6, 6.07) is 0. The second kappa shape index (κ2) is 19.3. The van der Waals surface area contributed by atoms with Gasteiger partial charge in [0.05, 0.1) is 66.4 Å². The van der Waals surface area contributed by atoms with Crippen molar-refractivity contribution in [2.45, 2.75) is 112 Å². The molecule has 0 aromatic heterocycles. The van der Waals surface area contributed by atoms with Gasteiger partial charge in [-0.3, -0.25) is 19.2 Å². The summed E-state index contributed by atoms with van der Waals surface area (Å²) in [4.78, 5) is 51.2. The van der Waals surface area contributed by atoms with Crippen molar-refractivity contribution in [3.05, 3.63) is 11.6 Å². The van der Waals surface area contributed by atoms with E-state index in [0.29, 0.717) is 95.8 Å². The summed E-state index contributed by atoms with van der Waals surface area (Å²) in [6.45, 7) is 15.1. The summed E-state index contributed by atoms with van der Waals surface area (Å²) < 4.78 is 26.5. The van der Waals surface area contributed by atoms with Gasteiger partial charge in [0.25, 0.3) is 0 Å². The van der Waals surface area contributed by atoms with Crippen LogP contribution in [-0.2, 0) is 42.9 Å². The van der Waals surface area contributed by atoms with Gasteiger partial charge in [-0.1, -0.05) is 53.0 Å². The van der Waals surface area contributed by atoms with E-state index in [9.17, 15) is 19.2 Å². The second-order valence-corrected chi connectivity index (χ2v) is 16.6. The summed E-state index contributed by atoms with van der Waals surface area (Å²) >= 11 is 0. The lowest BCUT2D eigenvalue weighted by atomic mass is 9.42. The maximum atomic E-state index is 14.2. The minimum absolute atomic E-state index is 0.0176. The van der Waals surface area contributed by atoms with Gasteiger partial charge in [0.15, 0.2) is 5.78 Å². The zero-order chi connectivity index (χ0) is 37.1. The smallest absolute Gasteiger partial charge is 0.307 e. The van der Waals surface area contributed by atoms with Crippen molar-refractivity contribution in [3.63, 3.8) is 0 Å². The van der Waals surface area contributed by atoms with E-state index in [0.717, 1.165) is 57.8 Å². The number of allylic oxidation sites excluding steroid dienone is 2. The van der Waals surface area contributed by atoms with Crippen LogP contribution in [0.5, 0.6) is 0 Å².